The molecule has 0 saturated heterocycles. The normalized spacial score (nSPS) is 12.4. The number of hydrazine groups is 1. The molecule has 0 saturated carbocycles. The first kappa shape index (κ1) is 15.5. The lowest BCUT2D eigenvalue weighted by Crippen LogP contribution is -2.29. The van der Waals surface area contributed by atoms with E-state index in [2.05, 4.69) is 45.6 Å². The van der Waals surface area contributed by atoms with Gasteiger partial charge < -0.3 is 0 Å². The van der Waals surface area contributed by atoms with Crippen LogP contribution in [0.15, 0.2) is 51.8 Å². The number of hydrogen-bond donors (Lipinski definition) is 2. The van der Waals surface area contributed by atoms with Crippen LogP contribution in [0.2, 0.25) is 0 Å². The number of benzene rings is 2. The standard InChI is InChI=1S/C15H16BrFN2S/c1-20-12-5-3-11(4-6-12)15(19-18)9-10-2-7-14(17)13(16)8-10/h2-8,15,19H,9,18H2,1H3. The van der Waals surface area contributed by atoms with E-state index >= 15 is 0 Å². The molecule has 0 heterocycles. The number of hydrogen-bond acceptors (Lipinski definition) is 3. The average molecular weight is 355 g/mol. The monoisotopic (exact) mass is 354 g/mol. The van der Waals surface area contributed by atoms with Gasteiger partial charge in [-0.1, -0.05) is 18.2 Å². The predicted octanol–water partition coefficient (Wildman–Crippen LogP) is 4.06. The van der Waals surface area contributed by atoms with Crippen LogP contribution in [-0.4, -0.2) is 6.26 Å². The fraction of sp³-hybridized carbons (Fsp3) is 0.200. The minimum absolute atomic E-state index is 0.00303. The minimum atomic E-state index is -0.254. The first-order valence-electron chi connectivity index (χ1n) is 6.18. The van der Waals surface area contributed by atoms with E-state index in [1.165, 1.54) is 11.0 Å². The van der Waals surface area contributed by atoms with Gasteiger partial charge in [0.15, 0.2) is 0 Å². The third kappa shape index (κ3) is 3.82. The lowest BCUT2D eigenvalue weighted by Gasteiger charge is -2.17. The molecule has 2 aromatic rings. The predicted molar refractivity (Wildman–Crippen MR) is 86.1 cm³/mol. The fourth-order valence-corrected chi connectivity index (χ4v) is 2.85. The lowest BCUT2D eigenvalue weighted by molar-refractivity contribution is 0.550. The lowest BCUT2D eigenvalue weighted by atomic mass is 9.99. The van der Waals surface area contributed by atoms with E-state index in [-0.39, 0.29) is 11.9 Å². The van der Waals surface area contributed by atoms with E-state index < -0.39 is 0 Å². The Labute approximate surface area is 131 Å². The highest BCUT2D eigenvalue weighted by Gasteiger charge is 2.11. The molecule has 0 spiro atoms. The third-order valence-electron chi connectivity index (χ3n) is 3.14. The smallest absolute Gasteiger partial charge is 0.137 e. The molecule has 2 nitrogen and oxygen atoms in total. The zero-order valence-corrected chi connectivity index (χ0v) is 13.5. The Morgan fingerprint density at radius 3 is 2.50 bits per heavy atom. The first-order valence-corrected chi connectivity index (χ1v) is 8.20. The van der Waals surface area contributed by atoms with Gasteiger partial charge in [-0.3, -0.25) is 11.3 Å². The molecule has 2 rings (SSSR count). The molecule has 0 aliphatic heterocycles. The Bertz CT molecular complexity index is 575. The van der Waals surface area contributed by atoms with Crippen LogP contribution in [0.1, 0.15) is 17.2 Å². The van der Waals surface area contributed by atoms with Crippen molar-refractivity contribution >= 4 is 27.7 Å². The van der Waals surface area contributed by atoms with Crippen molar-refractivity contribution < 1.29 is 4.39 Å². The van der Waals surface area contributed by atoms with Crippen LogP contribution in [0.25, 0.3) is 0 Å². The van der Waals surface area contributed by atoms with Crippen molar-refractivity contribution in [2.45, 2.75) is 17.4 Å². The molecule has 20 heavy (non-hydrogen) atoms. The fourth-order valence-electron chi connectivity index (χ4n) is 2.01. The number of nitrogens with two attached hydrogens (primary N) is 1. The molecule has 0 fully saturated rings. The molecule has 0 aliphatic rings. The quantitative estimate of drug-likeness (QED) is 0.483. The largest absolute Gasteiger partial charge is 0.271 e. The second-order valence-corrected chi connectivity index (χ2v) is 6.18. The summed E-state index contributed by atoms with van der Waals surface area (Å²) in [5.74, 6) is 5.40. The summed E-state index contributed by atoms with van der Waals surface area (Å²) in [5.41, 5.74) is 4.96. The van der Waals surface area contributed by atoms with Gasteiger partial charge in [0.25, 0.3) is 0 Å². The number of rotatable bonds is 5. The van der Waals surface area contributed by atoms with Gasteiger partial charge in [-0.15, -0.1) is 11.8 Å². The van der Waals surface area contributed by atoms with Gasteiger partial charge >= 0.3 is 0 Å². The highest BCUT2D eigenvalue weighted by molar-refractivity contribution is 9.10. The van der Waals surface area contributed by atoms with Crippen LogP contribution in [0.4, 0.5) is 4.39 Å². The van der Waals surface area contributed by atoms with Gasteiger partial charge in [0.1, 0.15) is 5.82 Å². The summed E-state index contributed by atoms with van der Waals surface area (Å²) in [5, 5.41) is 0. The number of nitrogens with one attached hydrogen (secondary N) is 1. The van der Waals surface area contributed by atoms with Crippen molar-refractivity contribution in [1.82, 2.24) is 5.43 Å². The Morgan fingerprint density at radius 1 is 1.25 bits per heavy atom. The van der Waals surface area contributed by atoms with Gasteiger partial charge in [-0.05, 0) is 64.0 Å². The summed E-state index contributed by atoms with van der Waals surface area (Å²) in [4.78, 5) is 1.22. The van der Waals surface area contributed by atoms with Crippen molar-refractivity contribution in [1.29, 1.82) is 0 Å². The van der Waals surface area contributed by atoms with E-state index in [1.54, 1.807) is 23.9 Å². The van der Waals surface area contributed by atoms with Crippen LogP contribution in [0.5, 0.6) is 0 Å². The molecule has 0 bridgehead atoms. The van der Waals surface area contributed by atoms with Gasteiger partial charge in [-0.2, -0.15) is 0 Å². The van der Waals surface area contributed by atoms with E-state index in [0.717, 1.165) is 11.1 Å². The van der Waals surface area contributed by atoms with Crippen LogP contribution in [-0.2, 0) is 6.42 Å². The highest BCUT2D eigenvalue weighted by Crippen LogP contribution is 2.24. The molecule has 5 heteroatoms. The Kier molecular flexibility index (Phi) is 5.60. The summed E-state index contributed by atoms with van der Waals surface area (Å²) in [6.07, 6.45) is 2.75. The maximum atomic E-state index is 13.2. The van der Waals surface area contributed by atoms with Gasteiger partial charge in [-0.25, -0.2) is 4.39 Å². The minimum Gasteiger partial charge on any atom is -0.271 e. The Morgan fingerprint density at radius 2 is 1.95 bits per heavy atom. The maximum absolute atomic E-state index is 13.2. The SMILES string of the molecule is CSc1ccc(C(Cc2ccc(F)c(Br)c2)NN)cc1. The summed E-state index contributed by atoms with van der Waals surface area (Å²) >= 11 is 4.91. The van der Waals surface area contributed by atoms with Gasteiger partial charge in [0.2, 0.25) is 0 Å². The van der Waals surface area contributed by atoms with Crippen molar-refractivity contribution in [3.05, 3.63) is 63.9 Å². The molecule has 0 amide bonds. The molecule has 2 aromatic carbocycles. The molecule has 3 N–H and O–H groups in total. The second-order valence-electron chi connectivity index (χ2n) is 4.44. The highest BCUT2D eigenvalue weighted by atomic mass is 79.9. The molecule has 0 aliphatic carbocycles. The zero-order chi connectivity index (χ0) is 14.5. The van der Waals surface area contributed by atoms with Crippen LogP contribution in [0.3, 0.4) is 0 Å². The number of thioether (sulfide) groups is 1. The molecule has 106 valence electrons. The van der Waals surface area contributed by atoms with Crippen molar-refractivity contribution in [2.24, 2.45) is 5.84 Å². The van der Waals surface area contributed by atoms with E-state index in [9.17, 15) is 4.39 Å². The summed E-state index contributed by atoms with van der Waals surface area (Å²) in [6.45, 7) is 0. The van der Waals surface area contributed by atoms with Crippen molar-refractivity contribution in [3.63, 3.8) is 0 Å². The topological polar surface area (TPSA) is 38.0 Å². The van der Waals surface area contributed by atoms with Gasteiger partial charge in [0, 0.05) is 10.9 Å². The Hall–Kier alpha value is -0.880. The van der Waals surface area contributed by atoms with Gasteiger partial charge in [0.05, 0.1) is 4.47 Å². The summed E-state index contributed by atoms with van der Waals surface area (Å²) in [7, 11) is 0. The molecular formula is C15H16BrFN2S. The molecule has 1 unspecified atom stereocenters. The molecule has 1 atom stereocenters. The van der Waals surface area contributed by atoms with Crippen LogP contribution in [0, 0.1) is 5.82 Å². The maximum Gasteiger partial charge on any atom is 0.137 e. The van der Waals surface area contributed by atoms with Crippen molar-refractivity contribution in [2.75, 3.05) is 6.26 Å². The zero-order valence-electron chi connectivity index (χ0n) is 11.1. The molecule has 0 radical (unpaired) electrons. The van der Waals surface area contributed by atoms with E-state index in [4.69, 9.17) is 5.84 Å². The average Bonchev–Trinajstić information content (AvgIpc) is 2.48. The molecular weight excluding hydrogens is 339 g/mol. The van der Waals surface area contributed by atoms with E-state index in [1.807, 2.05) is 6.26 Å². The van der Waals surface area contributed by atoms with E-state index in [0.29, 0.717) is 10.9 Å². The summed E-state index contributed by atoms with van der Waals surface area (Å²) in [6, 6.07) is 13.3. The van der Waals surface area contributed by atoms with Crippen LogP contribution >= 0.6 is 27.7 Å². The second kappa shape index (κ2) is 7.22. The van der Waals surface area contributed by atoms with Crippen LogP contribution < -0.4 is 11.3 Å². The Balaban J connectivity index is 2.16. The molecule has 0 aromatic heterocycles. The number of halogens is 2. The summed E-state index contributed by atoms with van der Waals surface area (Å²) < 4.78 is 13.7. The first-order chi connectivity index (χ1) is 9.63. The van der Waals surface area contributed by atoms with Crippen molar-refractivity contribution in [3.8, 4) is 0 Å². The third-order valence-corrected chi connectivity index (χ3v) is 4.49.